The van der Waals surface area contributed by atoms with Gasteiger partial charge in [-0.1, -0.05) is 43.3 Å². The third-order valence-corrected chi connectivity index (χ3v) is 3.81. The van der Waals surface area contributed by atoms with E-state index in [9.17, 15) is 8.78 Å². The van der Waals surface area contributed by atoms with Crippen LogP contribution < -0.4 is 11.3 Å². The Morgan fingerprint density at radius 3 is 2.33 bits per heavy atom. The van der Waals surface area contributed by atoms with Crippen LogP contribution >= 0.6 is 0 Å². The minimum atomic E-state index is -0.828. The van der Waals surface area contributed by atoms with Gasteiger partial charge in [0, 0.05) is 12.0 Å². The van der Waals surface area contributed by atoms with Crippen molar-refractivity contribution in [2.45, 2.75) is 31.7 Å². The van der Waals surface area contributed by atoms with Gasteiger partial charge in [-0.3, -0.25) is 11.3 Å². The highest BCUT2D eigenvalue weighted by Gasteiger charge is 2.21. The van der Waals surface area contributed by atoms with Crippen molar-refractivity contribution in [1.29, 1.82) is 0 Å². The normalized spacial score (nSPS) is 13.9. The summed E-state index contributed by atoms with van der Waals surface area (Å²) in [6, 6.07) is 14.0. The number of nitrogens with one attached hydrogen (secondary N) is 1. The summed E-state index contributed by atoms with van der Waals surface area (Å²) >= 11 is 0. The van der Waals surface area contributed by atoms with Gasteiger partial charge in [-0.05, 0) is 36.1 Å². The van der Waals surface area contributed by atoms with Gasteiger partial charge in [0.1, 0.15) is 0 Å². The summed E-state index contributed by atoms with van der Waals surface area (Å²) in [7, 11) is 0. The van der Waals surface area contributed by atoms with Crippen LogP contribution in [0.2, 0.25) is 0 Å². The summed E-state index contributed by atoms with van der Waals surface area (Å²) in [5.41, 5.74) is 4.73. The van der Waals surface area contributed by atoms with E-state index in [-0.39, 0.29) is 12.0 Å². The van der Waals surface area contributed by atoms with E-state index in [4.69, 9.17) is 5.84 Å². The van der Waals surface area contributed by atoms with Crippen LogP contribution in [-0.4, -0.2) is 6.04 Å². The molecule has 112 valence electrons. The number of halogens is 2. The summed E-state index contributed by atoms with van der Waals surface area (Å²) in [6.07, 6.45) is 1.45. The van der Waals surface area contributed by atoms with Gasteiger partial charge in [0.2, 0.25) is 0 Å². The Morgan fingerprint density at radius 2 is 1.76 bits per heavy atom. The molecule has 3 N–H and O–H groups in total. The molecule has 2 atom stereocenters. The zero-order chi connectivity index (χ0) is 15.2. The maximum absolute atomic E-state index is 13.3. The molecular formula is C17H20F2N2. The molecule has 2 aromatic carbocycles. The van der Waals surface area contributed by atoms with E-state index in [2.05, 4.69) is 24.5 Å². The van der Waals surface area contributed by atoms with Crippen LogP contribution in [0.3, 0.4) is 0 Å². The van der Waals surface area contributed by atoms with E-state index in [1.54, 1.807) is 6.07 Å². The molecule has 0 aliphatic heterocycles. The van der Waals surface area contributed by atoms with Crippen LogP contribution in [0, 0.1) is 11.6 Å². The first kappa shape index (κ1) is 15.6. The van der Waals surface area contributed by atoms with E-state index in [1.165, 1.54) is 11.6 Å². The average Bonchev–Trinajstić information content (AvgIpc) is 2.51. The standard InChI is InChI=1S/C17H20F2N2/c1-2-14(13-6-4-3-5-7-13)17(21-20)11-12-8-9-15(18)16(19)10-12/h3-10,14,17,21H,2,11,20H2,1H3. The van der Waals surface area contributed by atoms with Crippen LogP contribution in [0.25, 0.3) is 0 Å². The second kappa shape index (κ2) is 7.29. The van der Waals surface area contributed by atoms with Gasteiger partial charge in [0.05, 0.1) is 0 Å². The smallest absolute Gasteiger partial charge is 0.159 e. The van der Waals surface area contributed by atoms with Crippen molar-refractivity contribution >= 4 is 0 Å². The molecule has 0 aromatic heterocycles. The highest BCUT2D eigenvalue weighted by molar-refractivity contribution is 5.24. The first-order valence-electron chi connectivity index (χ1n) is 7.10. The zero-order valence-electron chi connectivity index (χ0n) is 12.0. The molecule has 2 rings (SSSR count). The van der Waals surface area contributed by atoms with Gasteiger partial charge in [-0.15, -0.1) is 0 Å². The van der Waals surface area contributed by atoms with E-state index < -0.39 is 11.6 Å². The average molecular weight is 290 g/mol. The van der Waals surface area contributed by atoms with Gasteiger partial charge in [-0.2, -0.15) is 0 Å². The van der Waals surface area contributed by atoms with Crippen molar-refractivity contribution in [3.8, 4) is 0 Å². The fraction of sp³-hybridized carbons (Fsp3) is 0.294. The van der Waals surface area contributed by atoms with Crippen molar-refractivity contribution in [2.75, 3.05) is 0 Å². The number of benzene rings is 2. The van der Waals surface area contributed by atoms with Crippen molar-refractivity contribution in [3.63, 3.8) is 0 Å². The first-order valence-corrected chi connectivity index (χ1v) is 7.10. The lowest BCUT2D eigenvalue weighted by atomic mass is 9.86. The molecule has 0 radical (unpaired) electrons. The van der Waals surface area contributed by atoms with Crippen LogP contribution in [-0.2, 0) is 6.42 Å². The Hall–Kier alpha value is -1.78. The third-order valence-electron chi connectivity index (χ3n) is 3.81. The molecule has 0 saturated heterocycles. The molecule has 21 heavy (non-hydrogen) atoms. The Labute approximate surface area is 124 Å². The lowest BCUT2D eigenvalue weighted by Crippen LogP contribution is -2.41. The number of hydrazine groups is 1. The number of hydrogen-bond acceptors (Lipinski definition) is 2. The SMILES string of the molecule is CCC(c1ccccc1)C(Cc1ccc(F)c(F)c1)NN. The minimum absolute atomic E-state index is 0.0396. The van der Waals surface area contributed by atoms with E-state index in [0.29, 0.717) is 6.42 Å². The lowest BCUT2D eigenvalue weighted by molar-refractivity contribution is 0.425. The van der Waals surface area contributed by atoms with Gasteiger partial charge in [0.15, 0.2) is 11.6 Å². The second-order valence-electron chi connectivity index (χ2n) is 5.15. The molecule has 0 fully saturated rings. The Morgan fingerprint density at radius 1 is 1.05 bits per heavy atom. The number of nitrogens with two attached hydrogens (primary N) is 1. The highest BCUT2D eigenvalue weighted by atomic mass is 19.2. The predicted octanol–water partition coefficient (Wildman–Crippen LogP) is 3.53. The molecule has 0 bridgehead atoms. The molecule has 0 spiro atoms. The van der Waals surface area contributed by atoms with E-state index in [1.807, 2.05) is 18.2 Å². The molecule has 0 saturated carbocycles. The van der Waals surface area contributed by atoms with Crippen molar-refractivity contribution < 1.29 is 8.78 Å². The van der Waals surface area contributed by atoms with Gasteiger partial charge >= 0.3 is 0 Å². The van der Waals surface area contributed by atoms with Crippen molar-refractivity contribution in [1.82, 2.24) is 5.43 Å². The Bertz CT molecular complexity index is 572. The number of hydrogen-bond donors (Lipinski definition) is 2. The molecule has 0 aliphatic rings. The highest BCUT2D eigenvalue weighted by Crippen LogP contribution is 2.25. The first-order chi connectivity index (χ1) is 10.2. The fourth-order valence-corrected chi connectivity index (χ4v) is 2.69. The van der Waals surface area contributed by atoms with Gasteiger partial charge < -0.3 is 0 Å². The topological polar surface area (TPSA) is 38.0 Å². The van der Waals surface area contributed by atoms with Crippen molar-refractivity contribution in [3.05, 3.63) is 71.3 Å². The number of rotatable bonds is 6. The second-order valence-corrected chi connectivity index (χ2v) is 5.15. The summed E-state index contributed by atoms with van der Waals surface area (Å²) < 4.78 is 26.3. The molecule has 2 aromatic rings. The zero-order valence-corrected chi connectivity index (χ0v) is 12.0. The minimum Gasteiger partial charge on any atom is -0.271 e. The van der Waals surface area contributed by atoms with Crippen LogP contribution in [0.4, 0.5) is 8.78 Å². The van der Waals surface area contributed by atoms with E-state index in [0.717, 1.165) is 18.1 Å². The monoisotopic (exact) mass is 290 g/mol. The molecule has 2 unspecified atom stereocenters. The van der Waals surface area contributed by atoms with E-state index >= 15 is 0 Å². The lowest BCUT2D eigenvalue weighted by Gasteiger charge is -2.26. The van der Waals surface area contributed by atoms with Gasteiger partial charge in [-0.25, -0.2) is 8.78 Å². The van der Waals surface area contributed by atoms with Crippen LogP contribution in [0.15, 0.2) is 48.5 Å². The predicted molar refractivity (Wildman–Crippen MR) is 80.6 cm³/mol. The quantitative estimate of drug-likeness (QED) is 0.631. The summed E-state index contributed by atoms with van der Waals surface area (Å²) in [5.74, 6) is 4.25. The van der Waals surface area contributed by atoms with Gasteiger partial charge in [0.25, 0.3) is 0 Å². The maximum Gasteiger partial charge on any atom is 0.159 e. The molecule has 0 aliphatic carbocycles. The molecule has 2 nitrogen and oxygen atoms in total. The van der Waals surface area contributed by atoms with Crippen molar-refractivity contribution in [2.24, 2.45) is 5.84 Å². The summed E-state index contributed by atoms with van der Waals surface area (Å²) in [6.45, 7) is 2.09. The summed E-state index contributed by atoms with van der Waals surface area (Å²) in [4.78, 5) is 0. The molecule has 0 heterocycles. The largest absolute Gasteiger partial charge is 0.271 e. The Kier molecular flexibility index (Phi) is 5.42. The van der Waals surface area contributed by atoms with Crippen LogP contribution in [0.5, 0.6) is 0 Å². The van der Waals surface area contributed by atoms with Crippen LogP contribution in [0.1, 0.15) is 30.4 Å². The third kappa shape index (κ3) is 3.86. The molecular weight excluding hydrogens is 270 g/mol. The fourth-order valence-electron chi connectivity index (χ4n) is 2.69. The Balaban J connectivity index is 2.19. The molecule has 0 amide bonds. The molecule has 4 heteroatoms. The maximum atomic E-state index is 13.3. The summed E-state index contributed by atoms with van der Waals surface area (Å²) in [5, 5.41) is 0.